The molecule has 0 spiro atoms. The maximum atomic E-state index is 3.72. The molecule has 0 bridgehead atoms. The molecule has 50 valence electrons. The molecular weight excluding hydrogens is 132 g/mol. The fourth-order valence-corrected chi connectivity index (χ4v) is 0.478. The van der Waals surface area contributed by atoms with Crippen molar-refractivity contribution in [1.29, 1.82) is 0 Å². The van der Waals surface area contributed by atoms with E-state index >= 15 is 0 Å². The first-order chi connectivity index (χ1) is 4.39. The quantitative estimate of drug-likeness (QED) is 0.387. The molecule has 0 aromatic heterocycles. The Labute approximate surface area is 79.8 Å². The Bertz CT molecular complexity index is 135. The second-order valence-electron chi connectivity index (χ2n) is 1.49. The van der Waals surface area contributed by atoms with Gasteiger partial charge in [-0.3, -0.25) is 0 Å². The van der Waals surface area contributed by atoms with Gasteiger partial charge in [0, 0.05) is 0 Å². The third kappa shape index (κ3) is 5.98. The van der Waals surface area contributed by atoms with E-state index in [0.29, 0.717) is 0 Å². The fraction of sp³-hybridized carbons (Fsp3) is 0.111. The molecule has 1 rings (SSSR count). The summed E-state index contributed by atoms with van der Waals surface area (Å²) in [6.45, 7) is 8.72. The second kappa shape index (κ2) is 8.86. The minimum absolute atomic E-state index is 0. The van der Waals surface area contributed by atoms with Gasteiger partial charge < -0.3 is 6.92 Å². The zero-order valence-corrected chi connectivity index (χ0v) is 7.92. The molecule has 0 aliphatic heterocycles. The van der Waals surface area contributed by atoms with E-state index < -0.39 is 0 Å². The molecule has 0 atom stereocenters. The van der Waals surface area contributed by atoms with E-state index in [-0.39, 0.29) is 23.1 Å². The van der Waals surface area contributed by atoms with E-state index in [1.807, 2.05) is 30.3 Å². The molecule has 0 saturated carbocycles. The van der Waals surface area contributed by atoms with Crippen molar-refractivity contribution in [1.82, 2.24) is 0 Å². The summed E-state index contributed by atoms with van der Waals surface area (Å²) in [5, 5.41) is 0. The Morgan fingerprint density at radius 1 is 1.00 bits per heavy atom. The Balaban J connectivity index is 0. The molecule has 0 amide bonds. The Morgan fingerprint density at radius 3 is 1.60 bits per heavy atom. The van der Waals surface area contributed by atoms with Gasteiger partial charge in [-0.2, -0.15) is 31.5 Å². The first kappa shape index (κ1) is 12.5. The van der Waals surface area contributed by atoms with Crippen LogP contribution in [0, 0.1) is 13.8 Å². The van der Waals surface area contributed by atoms with Gasteiger partial charge in [-0.25, -0.2) is 0 Å². The standard InChI is InChI=1S/C7H7.C2H5.Mg/c1-7-5-3-2-4-6-7;1-2;/h2-6H,1H2;1H2,2H3;/q2*-1;+2. The van der Waals surface area contributed by atoms with Crippen molar-refractivity contribution in [3.8, 4) is 0 Å². The molecule has 0 heterocycles. The SMILES string of the molecule is [CH2-]C.[CH2-]c1ccccc1.[Mg+2]. The monoisotopic (exact) mass is 144 g/mol. The number of hydrogen-bond acceptors (Lipinski definition) is 0. The zero-order chi connectivity index (χ0) is 7.11. The average Bonchev–Trinajstić information content (AvgIpc) is 1.94. The van der Waals surface area contributed by atoms with E-state index in [0.717, 1.165) is 5.56 Å². The van der Waals surface area contributed by atoms with Crippen LogP contribution in [0.25, 0.3) is 0 Å². The Hall–Kier alpha value is -0.144. The molecule has 0 saturated heterocycles. The summed E-state index contributed by atoms with van der Waals surface area (Å²) in [5.74, 6) is 0. The van der Waals surface area contributed by atoms with Crippen LogP contribution in [0.1, 0.15) is 12.5 Å². The molecule has 0 nitrogen and oxygen atoms in total. The Morgan fingerprint density at radius 2 is 1.40 bits per heavy atom. The summed E-state index contributed by atoms with van der Waals surface area (Å²) in [6.07, 6.45) is 0. The van der Waals surface area contributed by atoms with Crippen LogP contribution in [-0.4, -0.2) is 23.1 Å². The topological polar surface area (TPSA) is 0 Å². The van der Waals surface area contributed by atoms with Crippen LogP contribution in [0.2, 0.25) is 0 Å². The molecule has 0 aliphatic carbocycles. The van der Waals surface area contributed by atoms with Crippen LogP contribution < -0.4 is 0 Å². The van der Waals surface area contributed by atoms with Gasteiger partial charge in [0.05, 0.1) is 0 Å². The molecule has 0 aliphatic rings. The summed E-state index contributed by atoms with van der Waals surface area (Å²) in [7, 11) is 0. The average molecular weight is 144 g/mol. The number of hydrogen-bond donors (Lipinski definition) is 0. The van der Waals surface area contributed by atoms with Gasteiger partial charge in [-0.1, -0.05) is 6.07 Å². The summed E-state index contributed by atoms with van der Waals surface area (Å²) in [6, 6.07) is 9.87. The van der Waals surface area contributed by atoms with Crippen molar-refractivity contribution < 1.29 is 0 Å². The van der Waals surface area contributed by atoms with Gasteiger partial charge in [0.1, 0.15) is 0 Å². The molecule has 10 heavy (non-hydrogen) atoms. The van der Waals surface area contributed by atoms with Gasteiger partial charge in [-0.15, -0.1) is 12.1 Å². The third-order valence-corrected chi connectivity index (χ3v) is 0.843. The number of rotatable bonds is 0. The minimum atomic E-state index is 0. The molecule has 0 fully saturated rings. The Kier molecular flexibility index (Phi) is 11.1. The maximum Gasteiger partial charge on any atom is 2.00 e. The third-order valence-electron chi connectivity index (χ3n) is 0.843. The molecular formula is C9H12Mg. The van der Waals surface area contributed by atoms with Gasteiger partial charge in [0.15, 0.2) is 0 Å². The fourth-order valence-electron chi connectivity index (χ4n) is 0.478. The molecule has 1 aromatic carbocycles. The van der Waals surface area contributed by atoms with E-state index in [1.165, 1.54) is 0 Å². The summed E-state index contributed by atoms with van der Waals surface area (Å²) >= 11 is 0. The minimum Gasteiger partial charge on any atom is -0.346 e. The second-order valence-corrected chi connectivity index (χ2v) is 1.49. The van der Waals surface area contributed by atoms with Gasteiger partial charge in [-0.05, 0) is 0 Å². The van der Waals surface area contributed by atoms with Crippen LogP contribution in [-0.2, 0) is 0 Å². The van der Waals surface area contributed by atoms with Crippen LogP contribution in [0.3, 0.4) is 0 Å². The van der Waals surface area contributed by atoms with Crippen molar-refractivity contribution in [3.05, 3.63) is 49.7 Å². The molecule has 0 unspecified atom stereocenters. The zero-order valence-electron chi connectivity index (χ0n) is 6.51. The number of benzene rings is 1. The molecule has 1 aromatic rings. The van der Waals surface area contributed by atoms with Crippen molar-refractivity contribution in [2.45, 2.75) is 6.92 Å². The van der Waals surface area contributed by atoms with Gasteiger partial charge in [0.2, 0.25) is 0 Å². The summed E-state index contributed by atoms with van der Waals surface area (Å²) in [5.41, 5.74) is 1.07. The summed E-state index contributed by atoms with van der Waals surface area (Å²) in [4.78, 5) is 0. The predicted octanol–water partition coefficient (Wildman–Crippen LogP) is 2.33. The van der Waals surface area contributed by atoms with Crippen LogP contribution in [0.5, 0.6) is 0 Å². The van der Waals surface area contributed by atoms with Crippen LogP contribution >= 0.6 is 0 Å². The van der Waals surface area contributed by atoms with E-state index in [4.69, 9.17) is 0 Å². The smallest absolute Gasteiger partial charge is 0.346 e. The largest absolute Gasteiger partial charge is 2.00 e. The van der Waals surface area contributed by atoms with Crippen LogP contribution in [0.15, 0.2) is 30.3 Å². The molecule has 0 N–H and O–H groups in total. The first-order valence-electron chi connectivity index (χ1n) is 2.97. The van der Waals surface area contributed by atoms with Crippen molar-refractivity contribution in [3.63, 3.8) is 0 Å². The van der Waals surface area contributed by atoms with Gasteiger partial charge in [0.25, 0.3) is 0 Å². The molecule has 1 heteroatoms. The maximum absolute atomic E-state index is 3.72. The van der Waals surface area contributed by atoms with Crippen molar-refractivity contribution in [2.75, 3.05) is 0 Å². The molecule has 0 radical (unpaired) electrons. The van der Waals surface area contributed by atoms with Gasteiger partial charge >= 0.3 is 23.1 Å². The van der Waals surface area contributed by atoms with E-state index in [9.17, 15) is 0 Å². The predicted molar refractivity (Wildman–Crippen MR) is 47.7 cm³/mol. The van der Waals surface area contributed by atoms with E-state index in [1.54, 1.807) is 6.92 Å². The normalized spacial score (nSPS) is 6.60. The summed E-state index contributed by atoms with van der Waals surface area (Å²) < 4.78 is 0. The van der Waals surface area contributed by atoms with Crippen molar-refractivity contribution >= 4 is 23.1 Å². The van der Waals surface area contributed by atoms with E-state index in [2.05, 4.69) is 13.8 Å². The van der Waals surface area contributed by atoms with Crippen LogP contribution in [0.4, 0.5) is 0 Å². The van der Waals surface area contributed by atoms with Crippen molar-refractivity contribution in [2.24, 2.45) is 0 Å². The first-order valence-corrected chi connectivity index (χ1v) is 2.97.